The van der Waals surface area contributed by atoms with Crippen LogP contribution in [0.4, 0.5) is 4.39 Å². The molecule has 0 aliphatic carbocycles. The number of benzene rings is 1. The highest BCUT2D eigenvalue weighted by Crippen LogP contribution is 2.26. The Labute approximate surface area is 136 Å². The van der Waals surface area contributed by atoms with Crippen LogP contribution in [0, 0.1) is 5.82 Å². The van der Waals surface area contributed by atoms with Gasteiger partial charge < -0.3 is 4.74 Å². The molecule has 0 saturated carbocycles. The van der Waals surface area contributed by atoms with Crippen LogP contribution in [0.3, 0.4) is 0 Å². The highest BCUT2D eigenvalue weighted by atomic mass is 19.1. The van der Waals surface area contributed by atoms with E-state index in [0.717, 1.165) is 38.1 Å². The second kappa shape index (κ2) is 7.23. The monoisotopic (exact) mass is 317 g/mol. The van der Waals surface area contributed by atoms with Gasteiger partial charge in [-0.1, -0.05) is 12.1 Å². The first-order valence-corrected chi connectivity index (χ1v) is 8.23. The Kier molecular flexibility index (Phi) is 5.08. The van der Waals surface area contributed by atoms with Crippen molar-refractivity contribution in [1.29, 1.82) is 0 Å². The van der Waals surface area contributed by atoms with Gasteiger partial charge in [0.2, 0.25) is 0 Å². The molecule has 0 radical (unpaired) electrons. The van der Waals surface area contributed by atoms with E-state index in [9.17, 15) is 4.39 Å². The predicted molar refractivity (Wildman–Crippen MR) is 87.5 cm³/mol. The van der Waals surface area contributed by atoms with Crippen molar-refractivity contribution in [2.75, 3.05) is 13.2 Å². The van der Waals surface area contributed by atoms with E-state index in [1.54, 1.807) is 0 Å². The van der Waals surface area contributed by atoms with Gasteiger partial charge in [0.05, 0.1) is 12.3 Å². The molecule has 5 heteroatoms. The molecule has 4 nitrogen and oxygen atoms in total. The maximum atomic E-state index is 13.1. The Morgan fingerprint density at radius 2 is 2.04 bits per heavy atom. The molecule has 1 aromatic carbocycles. The summed E-state index contributed by atoms with van der Waals surface area (Å²) in [5.74, 6) is -0.186. The number of hydrogen-bond donors (Lipinski definition) is 0. The lowest BCUT2D eigenvalue weighted by Crippen LogP contribution is -2.37. The fraction of sp³-hybridized carbons (Fsp3) is 0.500. The number of likely N-dealkylation sites (tertiary alicyclic amines) is 1. The van der Waals surface area contributed by atoms with Crippen molar-refractivity contribution in [3.63, 3.8) is 0 Å². The molecular weight excluding hydrogens is 293 g/mol. The van der Waals surface area contributed by atoms with Crippen molar-refractivity contribution < 1.29 is 9.13 Å². The highest BCUT2D eigenvalue weighted by molar-refractivity contribution is 5.17. The molecular formula is C18H24FN3O. The van der Waals surface area contributed by atoms with E-state index in [4.69, 9.17) is 4.74 Å². The minimum absolute atomic E-state index is 0.186. The van der Waals surface area contributed by atoms with E-state index in [0.29, 0.717) is 6.04 Å². The van der Waals surface area contributed by atoms with Gasteiger partial charge in [-0.2, -0.15) is 5.10 Å². The molecule has 1 aliphatic heterocycles. The Bertz CT molecular complexity index is 625. The van der Waals surface area contributed by atoms with Crippen LogP contribution in [-0.2, 0) is 24.8 Å². The first-order valence-electron chi connectivity index (χ1n) is 8.23. The first kappa shape index (κ1) is 16.1. The van der Waals surface area contributed by atoms with Gasteiger partial charge in [0.1, 0.15) is 5.82 Å². The summed E-state index contributed by atoms with van der Waals surface area (Å²) in [6.45, 7) is 4.62. The van der Waals surface area contributed by atoms with E-state index >= 15 is 0 Å². The van der Waals surface area contributed by atoms with Gasteiger partial charge in [-0.25, -0.2) is 4.39 Å². The quantitative estimate of drug-likeness (QED) is 0.821. The molecule has 2 aromatic rings. The molecule has 1 saturated heterocycles. The van der Waals surface area contributed by atoms with Crippen molar-refractivity contribution in [2.45, 2.75) is 38.5 Å². The first-order chi connectivity index (χ1) is 11.2. The van der Waals surface area contributed by atoms with E-state index in [1.807, 2.05) is 37.0 Å². The average Bonchev–Trinajstić information content (AvgIpc) is 3.10. The van der Waals surface area contributed by atoms with Crippen molar-refractivity contribution in [3.05, 3.63) is 53.6 Å². The molecule has 1 aliphatic rings. The predicted octanol–water partition coefficient (Wildman–Crippen LogP) is 2.78. The molecule has 0 unspecified atom stereocenters. The van der Waals surface area contributed by atoms with Crippen LogP contribution < -0.4 is 0 Å². The van der Waals surface area contributed by atoms with Gasteiger partial charge in [-0.05, 0) is 43.0 Å². The van der Waals surface area contributed by atoms with Crippen LogP contribution >= 0.6 is 0 Å². The molecule has 23 heavy (non-hydrogen) atoms. The third-order valence-electron chi connectivity index (χ3n) is 4.48. The largest absolute Gasteiger partial charge is 0.377 e. The van der Waals surface area contributed by atoms with Gasteiger partial charge in [-0.15, -0.1) is 0 Å². The van der Waals surface area contributed by atoms with Crippen LogP contribution in [0.25, 0.3) is 0 Å². The number of ether oxygens (including phenoxy) is 1. The zero-order chi connectivity index (χ0) is 16.2. The van der Waals surface area contributed by atoms with Crippen LogP contribution in [0.15, 0.2) is 36.7 Å². The smallest absolute Gasteiger partial charge is 0.123 e. The van der Waals surface area contributed by atoms with Crippen molar-refractivity contribution in [2.24, 2.45) is 7.05 Å². The maximum absolute atomic E-state index is 13.1. The number of halogens is 1. The van der Waals surface area contributed by atoms with Crippen molar-refractivity contribution >= 4 is 0 Å². The average molecular weight is 317 g/mol. The van der Waals surface area contributed by atoms with E-state index < -0.39 is 0 Å². The lowest BCUT2D eigenvalue weighted by molar-refractivity contribution is 0.0331. The maximum Gasteiger partial charge on any atom is 0.123 e. The number of hydrogen-bond acceptors (Lipinski definition) is 3. The molecule has 124 valence electrons. The van der Waals surface area contributed by atoms with Gasteiger partial charge in [0.25, 0.3) is 0 Å². The SMILES string of the molecule is CCO[C@@H]1CCN(Cc2ccc(F)cc2)[C@@H]1Cc1cnn(C)c1. The third kappa shape index (κ3) is 3.98. The molecule has 0 amide bonds. The van der Waals surface area contributed by atoms with Gasteiger partial charge >= 0.3 is 0 Å². The minimum Gasteiger partial charge on any atom is -0.377 e. The van der Waals surface area contributed by atoms with E-state index in [1.165, 1.54) is 17.7 Å². The second-order valence-corrected chi connectivity index (χ2v) is 6.17. The summed E-state index contributed by atoms with van der Waals surface area (Å²) in [6, 6.07) is 7.13. The van der Waals surface area contributed by atoms with Crippen molar-refractivity contribution in [1.82, 2.24) is 14.7 Å². The summed E-state index contributed by atoms with van der Waals surface area (Å²) in [5.41, 5.74) is 2.37. The number of aryl methyl sites for hydroxylation is 1. The number of aromatic nitrogens is 2. The Balaban J connectivity index is 1.72. The van der Waals surface area contributed by atoms with Gasteiger partial charge in [0, 0.05) is 39.0 Å². The number of rotatable bonds is 6. The molecule has 1 fully saturated rings. The Hall–Kier alpha value is -1.72. The summed E-state index contributed by atoms with van der Waals surface area (Å²) in [6.07, 6.45) is 6.22. The summed E-state index contributed by atoms with van der Waals surface area (Å²) in [4.78, 5) is 2.45. The fourth-order valence-electron chi connectivity index (χ4n) is 3.39. The summed E-state index contributed by atoms with van der Waals surface area (Å²) < 4.78 is 20.9. The molecule has 0 spiro atoms. The molecule has 0 bridgehead atoms. The van der Waals surface area contributed by atoms with E-state index in [2.05, 4.69) is 16.2 Å². The lowest BCUT2D eigenvalue weighted by Gasteiger charge is -2.28. The topological polar surface area (TPSA) is 30.3 Å². The Morgan fingerprint density at radius 3 is 2.70 bits per heavy atom. The van der Waals surface area contributed by atoms with E-state index in [-0.39, 0.29) is 11.9 Å². The Morgan fingerprint density at radius 1 is 1.26 bits per heavy atom. The fourth-order valence-corrected chi connectivity index (χ4v) is 3.39. The summed E-state index contributed by atoms with van der Waals surface area (Å²) >= 11 is 0. The summed E-state index contributed by atoms with van der Waals surface area (Å²) in [5, 5.41) is 4.26. The van der Waals surface area contributed by atoms with Crippen LogP contribution in [-0.4, -0.2) is 40.0 Å². The molecule has 1 aromatic heterocycles. The second-order valence-electron chi connectivity index (χ2n) is 6.17. The molecule has 0 N–H and O–H groups in total. The van der Waals surface area contributed by atoms with Crippen LogP contribution in [0.5, 0.6) is 0 Å². The third-order valence-corrected chi connectivity index (χ3v) is 4.48. The van der Waals surface area contributed by atoms with Crippen LogP contribution in [0.2, 0.25) is 0 Å². The van der Waals surface area contributed by atoms with Crippen LogP contribution in [0.1, 0.15) is 24.5 Å². The number of nitrogens with zero attached hydrogens (tertiary/aromatic N) is 3. The van der Waals surface area contributed by atoms with Gasteiger partial charge in [0.15, 0.2) is 0 Å². The molecule has 3 rings (SSSR count). The zero-order valence-corrected chi connectivity index (χ0v) is 13.8. The summed E-state index contributed by atoms with van der Waals surface area (Å²) in [7, 11) is 1.94. The lowest BCUT2D eigenvalue weighted by atomic mass is 10.0. The molecule has 2 heterocycles. The standard InChI is InChI=1S/C18H24FN3O/c1-3-23-18-8-9-22(13-14-4-6-16(19)7-5-14)17(18)10-15-11-20-21(2)12-15/h4-7,11-12,17-18H,3,8-10,13H2,1-2H3/t17-,18-/m1/s1. The minimum atomic E-state index is -0.186. The molecule has 2 atom stereocenters. The highest BCUT2D eigenvalue weighted by Gasteiger charge is 2.34. The van der Waals surface area contributed by atoms with Crippen molar-refractivity contribution in [3.8, 4) is 0 Å². The van der Waals surface area contributed by atoms with Gasteiger partial charge in [-0.3, -0.25) is 9.58 Å². The zero-order valence-electron chi connectivity index (χ0n) is 13.8. The normalized spacial score (nSPS) is 21.9.